The van der Waals surface area contributed by atoms with Gasteiger partial charge in [0.25, 0.3) is 0 Å². The molecule has 1 amide bonds. The van der Waals surface area contributed by atoms with Crippen molar-refractivity contribution in [3.63, 3.8) is 0 Å². The summed E-state index contributed by atoms with van der Waals surface area (Å²) in [5, 5.41) is 0. The van der Waals surface area contributed by atoms with Crippen LogP contribution in [0.4, 0.5) is 4.39 Å². The van der Waals surface area contributed by atoms with E-state index in [0.717, 1.165) is 19.5 Å². The SMILES string of the molecule is Cc1cc(C(=O)CCN2CCN(C=O)CC2)ccc1F. The van der Waals surface area contributed by atoms with Gasteiger partial charge in [-0.15, -0.1) is 0 Å². The van der Waals surface area contributed by atoms with Crippen molar-refractivity contribution >= 4 is 12.2 Å². The molecule has 0 N–H and O–H groups in total. The number of Topliss-reactive ketones (excluding diaryl/α,β-unsaturated/α-hetero) is 1. The highest BCUT2D eigenvalue weighted by Gasteiger charge is 2.16. The molecule has 1 saturated heterocycles. The molecule has 0 bridgehead atoms. The zero-order valence-corrected chi connectivity index (χ0v) is 11.6. The van der Waals surface area contributed by atoms with Gasteiger partial charge >= 0.3 is 0 Å². The molecule has 20 heavy (non-hydrogen) atoms. The second-order valence-corrected chi connectivity index (χ2v) is 5.12. The van der Waals surface area contributed by atoms with Crippen LogP contribution in [0, 0.1) is 12.7 Å². The molecule has 0 atom stereocenters. The van der Waals surface area contributed by atoms with Crippen molar-refractivity contribution in [1.29, 1.82) is 0 Å². The van der Waals surface area contributed by atoms with Crippen LogP contribution >= 0.6 is 0 Å². The standard InChI is InChI=1S/C15H19FN2O2/c1-12-10-13(2-3-14(12)16)15(20)4-5-17-6-8-18(11-19)9-7-17/h2-3,10-11H,4-9H2,1H3. The smallest absolute Gasteiger partial charge is 0.209 e. The van der Waals surface area contributed by atoms with Crippen LogP contribution in [-0.2, 0) is 4.79 Å². The second kappa shape index (κ2) is 6.61. The van der Waals surface area contributed by atoms with E-state index in [2.05, 4.69) is 4.90 Å². The molecule has 4 nitrogen and oxygen atoms in total. The molecular formula is C15H19FN2O2. The maximum absolute atomic E-state index is 13.2. The Hall–Kier alpha value is -1.75. The lowest BCUT2D eigenvalue weighted by Crippen LogP contribution is -2.46. The lowest BCUT2D eigenvalue weighted by molar-refractivity contribution is -0.119. The van der Waals surface area contributed by atoms with Gasteiger partial charge in [-0.3, -0.25) is 14.5 Å². The van der Waals surface area contributed by atoms with E-state index in [1.54, 1.807) is 17.9 Å². The summed E-state index contributed by atoms with van der Waals surface area (Å²) in [5.41, 5.74) is 1.06. The number of piperazine rings is 1. The summed E-state index contributed by atoms with van der Waals surface area (Å²) in [6.07, 6.45) is 1.29. The van der Waals surface area contributed by atoms with Crippen LogP contribution in [0.3, 0.4) is 0 Å². The van der Waals surface area contributed by atoms with Gasteiger partial charge in [-0.2, -0.15) is 0 Å². The molecule has 1 fully saturated rings. The summed E-state index contributed by atoms with van der Waals surface area (Å²) in [7, 11) is 0. The third-order valence-electron chi connectivity index (χ3n) is 3.69. The molecule has 0 unspecified atom stereocenters. The number of hydrogen-bond donors (Lipinski definition) is 0. The number of halogens is 1. The first-order valence-electron chi connectivity index (χ1n) is 6.81. The molecule has 1 aliphatic heterocycles. The highest BCUT2D eigenvalue weighted by atomic mass is 19.1. The highest BCUT2D eigenvalue weighted by Crippen LogP contribution is 2.12. The largest absolute Gasteiger partial charge is 0.343 e. The first kappa shape index (κ1) is 14.7. The Morgan fingerprint density at radius 3 is 2.60 bits per heavy atom. The van der Waals surface area contributed by atoms with Crippen molar-refractivity contribution in [3.05, 3.63) is 35.1 Å². The number of hydrogen-bond acceptors (Lipinski definition) is 3. The van der Waals surface area contributed by atoms with Crippen LogP contribution in [0.15, 0.2) is 18.2 Å². The topological polar surface area (TPSA) is 40.6 Å². The third kappa shape index (κ3) is 3.63. The van der Waals surface area contributed by atoms with Crippen molar-refractivity contribution < 1.29 is 14.0 Å². The van der Waals surface area contributed by atoms with Crippen molar-refractivity contribution in [2.45, 2.75) is 13.3 Å². The fourth-order valence-electron chi connectivity index (χ4n) is 2.31. The number of carbonyl (C=O) groups is 2. The van der Waals surface area contributed by atoms with E-state index in [4.69, 9.17) is 0 Å². The second-order valence-electron chi connectivity index (χ2n) is 5.12. The van der Waals surface area contributed by atoms with Crippen LogP contribution in [-0.4, -0.2) is 54.7 Å². The van der Waals surface area contributed by atoms with E-state index in [1.807, 2.05) is 0 Å². The minimum atomic E-state index is -0.286. The average molecular weight is 278 g/mol. The van der Waals surface area contributed by atoms with Gasteiger partial charge in [-0.05, 0) is 30.7 Å². The average Bonchev–Trinajstić information content (AvgIpc) is 2.48. The molecule has 0 aromatic heterocycles. The molecule has 1 aromatic rings. The number of nitrogens with zero attached hydrogens (tertiary/aromatic N) is 2. The lowest BCUT2D eigenvalue weighted by atomic mass is 10.1. The monoisotopic (exact) mass is 278 g/mol. The van der Waals surface area contributed by atoms with Gasteiger partial charge in [-0.1, -0.05) is 0 Å². The van der Waals surface area contributed by atoms with E-state index in [-0.39, 0.29) is 11.6 Å². The number of rotatable bonds is 5. The summed E-state index contributed by atoms with van der Waals surface area (Å²) in [6, 6.07) is 4.47. The van der Waals surface area contributed by atoms with Crippen LogP contribution in [0.25, 0.3) is 0 Å². The molecule has 0 spiro atoms. The Balaban J connectivity index is 1.83. The minimum Gasteiger partial charge on any atom is -0.343 e. The van der Waals surface area contributed by atoms with Gasteiger partial charge in [0.1, 0.15) is 5.82 Å². The quantitative estimate of drug-likeness (QED) is 0.605. The number of amides is 1. The van der Waals surface area contributed by atoms with Crippen LogP contribution in [0.2, 0.25) is 0 Å². The summed E-state index contributed by atoms with van der Waals surface area (Å²) in [6.45, 7) is 5.37. The lowest BCUT2D eigenvalue weighted by Gasteiger charge is -2.32. The maximum Gasteiger partial charge on any atom is 0.209 e. The van der Waals surface area contributed by atoms with Crippen LogP contribution in [0.1, 0.15) is 22.3 Å². The summed E-state index contributed by atoms with van der Waals surface area (Å²) in [5.74, 6) is -0.252. The molecule has 1 heterocycles. The number of benzene rings is 1. The Labute approximate surface area is 118 Å². The molecule has 108 valence electrons. The molecule has 1 aromatic carbocycles. The van der Waals surface area contributed by atoms with Gasteiger partial charge in [0.15, 0.2) is 5.78 Å². The predicted molar refractivity (Wildman–Crippen MR) is 74.2 cm³/mol. The molecule has 0 radical (unpaired) electrons. The van der Waals surface area contributed by atoms with Gasteiger partial charge < -0.3 is 4.90 Å². The molecular weight excluding hydrogens is 259 g/mol. The Bertz CT molecular complexity index is 497. The molecule has 0 saturated carbocycles. The van der Waals surface area contributed by atoms with Crippen LogP contribution in [0.5, 0.6) is 0 Å². The third-order valence-corrected chi connectivity index (χ3v) is 3.69. The van der Waals surface area contributed by atoms with Crippen molar-refractivity contribution in [2.24, 2.45) is 0 Å². The summed E-state index contributed by atoms with van der Waals surface area (Å²) >= 11 is 0. The zero-order chi connectivity index (χ0) is 14.5. The summed E-state index contributed by atoms with van der Waals surface area (Å²) < 4.78 is 13.2. The fourth-order valence-corrected chi connectivity index (χ4v) is 2.31. The first-order chi connectivity index (χ1) is 9.60. The minimum absolute atomic E-state index is 0.0333. The molecule has 0 aliphatic carbocycles. The van der Waals surface area contributed by atoms with E-state index >= 15 is 0 Å². The van der Waals surface area contributed by atoms with Gasteiger partial charge in [0.05, 0.1) is 0 Å². The van der Waals surface area contributed by atoms with Gasteiger partial charge in [0.2, 0.25) is 6.41 Å². The molecule has 1 aliphatic rings. The predicted octanol–water partition coefficient (Wildman–Crippen LogP) is 1.48. The van der Waals surface area contributed by atoms with E-state index < -0.39 is 0 Å². The number of ketones is 1. The maximum atomic E-state index is 13.2. The van der Waals surface area contributed by atoms with Gasteiger partial charge in [0, 0.05) is 44.7 Å². The Kier molecular flexibility index (Phi) is 4.84. The van der Waals surface area contributed by atoms with Crippen LogP contribution < -0.4 is 0 Å². The fraction of sp³-hybridized carbons (Fsp3) is 0.467. The zero-order valence-electron chi connectivity index (χ0n) is 11.6. The van der Waals surface area contributed by atoms with Gasteiger partial charge in [-0.25, -0.2) is 4.39 Å². The Morgan fingerprint density at radius 1 is 1.30 bits per heavy atom. The highest BCUT2D eigenvalue weighted by molar-refractivity contribution is 5.96. The Morgan fingerprint density at radius 2 is 2.00 bits per heavy atom. The summed E-state index contributed by atoms with van der Waals surface area (Å²) in [4.78, 5) is 26.6. The molecule has 5 heteroatoms. The number of aryl methyl sites for hydroxylation is 1. The molecule has 2 rings (SSSR count). The van der Waals surface area contributed by atoms with Crippen molar-refractivity contribution in [3.8, 4) is 0 Å². The number of carbonyl (C=O) groups excluding carboxylic acids is 2. The van der Waals surface area contributed by atoms with E-state index in [1.165, 1.54) is 12.1 Å². The van der Waals surface area contributed by atoms with Crippen molar-refractivity contribution in [1.82, 2.24) is 9.80 Å². The first-order valence-corrected chi connectivity index (χ1v) is 6.81. The van der Waals surface area contributed by atoms with E-state index in [0.29, 0.717) is 37.2 Å². The van der Waals surface area contributed by atoms with E-state index in [9.17, 15) is 14.0 Å². The normalized spacial score (nSPS) is 16.2. The van der Waals surface area contributed by atoms with Crippen molar-refractivity contribution in [2.75, 3.05) is 32.7 Å².